The van der Waals surface area contributed by atoms with Crippen LogP contribution < -0.4 is 9.64 Å². The molecule has 1 amide bonds. The van der Waals surface area contributed by atoms with Gasteiger partial charge in [-0.3, -0.25) is 4.79 Å². The van der Waals surface area contributed by atoms with Crippen LogP contribution in [-0.2, 0) is 11.2 Å². The Labute approximate surface area is 139 Å². The van der Waals surface area contributed by atoms with Gasteiger partial charge in [-0.25, -0.2) is 9.97 Å². The third-order valence-electron chi connectivity index (χ3n) is 3.78. The lowest BCUT2D eigenvalue weighted by Gasteiger charge is -2.19. The molecule has 122 valence electrons. The molecule has 23 heavy (non-hydrogen) atoms. The maximum absolute atomic E-state index is 12.3. The number of thiophene rings is 1. The van der Waals surface area contributed by atoms with Crippen LogP contribution in [0.15, 0.2) is 29.2 Å². The van der Waals surface area contributed by atoms with Gasteiger partial charge >= 0.3 is 0 Å². The van der Waals surface area contributed by atoms with E-state index in [9.17, 15) is 4.79 Å². The van der Waals surface area contributed by atoms with Crippen LogP contribution in [0.3, 0.4) is 0 Å². The molecular formula is C16H20N4O2S. The molecule has 7 heteroatoms. The van der Waals surface area contributed by atoms with Gasteiger partial charge < -0.3 is 14.5 Å². The van der Waals surface area contributed by atoms with Crippen LogP contribution in [0, 0.1) is 0 Å². The zero-order valence-corrected chi connectivity index (χ0v) is 14.1. The molecule has 1 aliphatic rings. The van der Waals surface area contributed by atoms with Gasteiger partial charge in [0, 0.05) is 39.5 Å². The standard InChI is InChI=1S/C16H20N4O2S/c1-19(2)15-16(18-6-5-17-15)22-13-3-7-20(10-13)14(21)9-12-4-8-23-11-12/h4-6,8,11,13H,3,7,9-10H2,1-2H3. The molecule has 1 atom stereocenters. The quantitative estimate of drug-likeness (QED) is 0.836. The van der Waals surface area contributed by atoms with Crippen molar-refractivity contribution in [3.8, 4) is 5.88 Å². The van der Waals surface area contributed by atoms with Crippen LogP contribution in [0.1, 0.15) is 12.0 Å². The Balaban J connectivity index is 1.59. The molecule has 6 nitrogen and oxygen atoms in total. The smallest absolute Gasteiger partial charge is 0.257 e. The maximum Gasteiger partial charge on any atom is 0.257 e. The number of hydrogen-bond donors (Lipinski definition) is 0. The van der Waals surface area contributed by atoms with Gasteiger partial charge in [0.2, 0.25) is 5.91 Å². The molecule has 1 fully saturated rings. The number of hydrogen-bond acceptors (Lipinski definition) is 6. The summed E-state index contributed by atoms with van der Waals surface area (Å²) in [5.74, 6) is 1.38. The Kier molecular flexibility index (Phi) is 4.76. The largest absolute Gasteiger partial charge is 0.470 e. The summed E-state index contributed by atoms with van der Waals surface area (Å²) >= 11 is 1.62. The zero-order valence-electron chi connectivity index (χ0n) is 13.3. The SMILES string of the molecule is CN(C)c1nccnc1OC1CCN(C(=O)Cc2ccsc2)C1. The summed E-state index contributed by atoms with van der Waals surface area (Å²) in [6.45, 7) is 1.33. The summed E-state index contributed by atoms with van der Waals surface area (Å²) in [6, 6.07) is 2.00. The van der Waals surface area contributed by atoms with Crippen molar-refractivity contribution in [1.29, 1.82) is 0 Å². The molecule has 0 aliphatic carbocycles. The van der Waals surface area contributed by atoms with Gasteiger partial charge in [-0.2, -0.15) is 11.3 Å². The van der Waals surface area contributed by atoms with E-state index in [4.69, 9.17) is 4.74 Å². The predicted octanol–water partition coefficient (Wildman–Crippen LogP) is 1.83. The van der Waals surface area contributed by atoms with E-state index in [1.54, 1.807) is 23.7 Å². The minimum atomic E-state index is -0.0307. The van der Waals surface area contributed by atoms with E-state index in [1.165, 1.54) is 0 Å². The first-order valence-corrected chi connectivity index (χ1v) is 8.51. The Morgan fingerprint density at radius 1 is 1.43 bits per heavy atom. The van der Waals surface area contributed by atoms with Crippen molar-refractivity contribution in [2.75, 3.05) is 32.1 Å². The predicted molar refractivity (Wildman–Crippen MR) is 90.0 cm³/mol. The zero-order chi connectivity index (χ0) is 16.2. The third-order valence-corrected chi connectivity index (χ3v) is 4.51. The highest BCUT2D eigenvalue weighted by Crippen LogP contribution is 2.24. The first kappa shape index (κ1) is 15.7. The average molecular weight is 332 g/mol. The van der Waals surface area contributed by atoms with Crippen LogP contribution in [0.2, 0.25) is 0 Å². The summed E-state index contributed by atoms with van der Waals surface area (Å²) in [4.78, 5) is 24.6. The minimum Gasteiger partial charge on any atom is -0.470 e. The Morgan fingerprint density at radius 3 is 3.00 bits per heavy atom. The molecule has 2 aromatic rings. The van der Waals surface area contributed by atoms with Crippen molar-refractivity contribution in [2.24, 2.45) is 0 Å². The van der Waals surface area contributed by atoms with Crippen molar-refractivity contribution in [1.82, 2.24) is 14.9 Å². The number of nitrogens with zero attached hydrogens (tertiary/aromatic N) is 4. The van der Waals surface area contributed by atoms with E-state index in [-0.39, 0.29) is 12.0 Å². The first-order valence-electron chi connectivity index (χ1n) is 7.57. The maximum atomic E-state index is 12.3. The molecule has 0 radical (unpaired) electrons. The lowest BCUT2D eigenvalue weighted by atomic mass is 10.2. The topological polar surface area (TPSA) is 58.6 Å². The number of amides is 1. The Hall–Kier alpha value is -2.15. The summed E-state index contributed by atoms with van der Waals surface area (Å²) in [7, 11) is 3.81. The third kappa shape index (κ3) is 3.79. The molecular weight excluding hydrogens is 312 g/mol. The van der Waals surface area contributed by atoms with E-state index in [0.29, 0.717) is 24.7 Å². The van der Waals surface area contributed by atoms with Gasteiger partial charge in [-0.15, -0.1) is 0 Å². The monoisotopic (exact) mass is 332 g/mol. The number of carbonyl (C=O) groups is 1. The van der Waals surface area contributed by atoms with E-state index < -0.39 is 0 Å². The molecule has 1 aliphatic heterocycles. The van der Waals surface area contributed by atoms with E-state index in [2.05, 4.69) is 9.97 Å². The highest BCUT2D eigenvalue weighted by molar-refractivity contribution is 7.07. The lowest BCUT2D eigenvalue weighted by molar-refractivity contribution is -0.129. The summed E-state index contributed by atoms with van der Waals surface area (Å²) in [5.41, 5.74) is 1.08. The molecule has 0 bridgehead atoms. The number of aromatic nitrogens is 2. The van der Waals surface area contributed by atoms with Crippen LogP contribution in [0.5, 0.6) is 5.88 Å². The van der Waals surface area contributed by atoms with Crippen molar-refractivity contribution in [3.63, 3.8) is 0 Å². The van der Waals surface area contributed by atoms with Crippen LogP contribution >= 0.6 is 11.3 Å². The van der Waals surface area contributed by atoms with Crippen molar-refractivity contribution < 1.29 is 9.53 Å². The van der Waals surface area contributed by atoms with Crippen LogP contribution in [-0.4, -0.2) is 54.1 Å². The number of ether oxygens (including phenoxy) is 1. The number of carbonyl (C=O) groups excluding carboxylic acids is 1. The van der Waals surface area contributed by atoms with Gasteiger partial charge in [0.1, 0.15) is 6.10 Å². The van der Waals surface area contributed by atoms with Crippen LogP contribution in [0.4, 0.5) is 5.82 Å². The molecule has 0 spiro atoms. The molecule has 3 heterocycles. The van der Waals surface area contributed by atoms with E-state index >= 15 is 0 Å². The molecule has 1 unspecified atom stereocenters. The number of anilines is 1. The highest BCUT2D eigenvalue weighted by Gasteiger charge is 2.28. The first-order chi connectivity index (χ1) is 11.1. The second-order valence-corrected chi connectivity index (χ2v) is 6.54. The van der Waals surface area contributed by atoms with Crippen molar-refractivity contribution in [3.05, 3.63) is 34.8 Å². The number of rotatable bonds is 5. The van der Waals surface area contributed by atoms with Gasteiger partial charge in [-0.05, 0) is 22.4 Å². The van der Waals surface area contributed by atoms with E-state index in [0.717, 1.165) is 18.5 Å². The molecule has 0 aromatic carbocycles. The molecule has 2 aromatic heterocycles. The van der Waals surface area contributed by atoms with Gasteiger partial charge in [0.15, 0.2) is 5.82 Å². The summed E-state index contributed by atoms with van der Waals surface area (Å²) in [6.07, 6.45) is 4.52. The fourth-order valence-electron chi connectivity index (χ4n) is 2.60. The summed E-state index contributed by atoms with van der Waals surface area (Å²) in [5, 5.41) is 4.01. The fourth-order valence-corrected chi connectivity index (χ4v) is 3.26. The average Bonchev–Trinajstić information content (AvgIpc) is 3.19. The van der Waals surface area contributed by atoms with Gasteiger partial charge in [0.05, 0.1) is 13.0 Å². The second-order valence-electron chi connectivity index (χ2n) is 5.76. The van der Waals surface area contributed by atoms with Gasteiger partial charge in [-0.1, -0.05) is 0 Å². The molecule has 3 rings (SSSR count). The fraction of sp³-hybridized carbons (Fsp3) is 0.438. The van der Waals surface area contributed by atoms with Crippen molar-refractivity contribution in [2.45, 2.75) is 18.9 Å². The molecule has 0 N–H and O–H groups in total. The molecule has 1 saturated heterocycles. The number of likely N-dealkylation sites (tertiary alicyclic amines) is 1. The Morgan fingerprint density at radius 2 is 2.26 bits per heavy atom. The summed E-state index contributed by atoms with van der Waals surface area (Å²) < 4.78 is 5.98. The molecule has 0 saturated carbocycles. The lowest BCUT2D eigenvalue weighted by Crippen LogP contribution is -2.32. The minimum absolute atomic E-state index is 0.0307. The van der Waals surface area contributed by atoms with Crippen LogP contribution in [0.25, 0.3) is 0 Å². The Bertz CT molecular complexity index is 660. The van der Waals surface area contributed by atoms with Gasteiger partial charge in [0.25, 0.3) is 5.88 Å². The normalized spacial score (nSPS) is 17.3. The van der Waals surface area contributed by atoms with Crippen molar-refractivity contribution >= 4 is 23.1 Å². The second kappa shape index (κ2) is 6.95. The highest BCUT2D eigenvalue weighted by atomic mass is 32.1. The van der Waals surface area contributed by atoms with E-state index in [1.807, 2.05) is 40.7 Å².